The Balaban J connectivity index is 2.21. The maximum Gasteiger partial charge on any atom is 0.0598 e. The lowest BCUT2D eigenvalue weighted by Gasteiger charge is -2.26. The predicted molar refractivity (Wildman–Crippen MR) is 67.7 cm³/mol. The van der Waals surface area contributed by atoms with Gasteiger partial charge in [0, 0.05) is 6.61 Å². The number of hydrogen-bond acceptors (Lipinski definition) is 2. The highest BCUT2D eigenvalue weighted by Crippen LogP contribution is 2.49. The summed E-state index contributed by atoms with van der Waals surface area (Å²) in [6.45, 7) is 14.4. The van der Waals surface area contributed by atoms with Crippen molar-refractivity contribution in [2.75, 3.05) is 13.2 Å². The van der Waals surface area contributed by atoms with Crippen molar-refractivity contribution in [2.45, 2.75) is 72.0 Å². The second kappa shape index (κ2) is 4.66. The van der Waals surface area contributed by atoms with Crippen LogP contribution in [0.1, 0.15) is 60.8 Å². The molecule has 0 atom stereocenters. The zero-order valence-corrected chi connectivity index (χ0v) is 11.9. The molecule has 0 aromatic heterocycles. The topological polar surface area (TPSA) is 18.5 Å². The molecule has 1 aliphatic carbocycles. The predicted octanol–water partition coefficient (Wildman–Crippen LogP) is 3.79. The van der Waals surface area contributed by atoms with Crippen molar-refractivity contribution in [1.82, 2.24) is 0 Å². The van der Waals surface area contributed by atoms with Crippen LogP contribution in [0.15, 0.2) is 0 Å². The van der Waals surface area contributed by atoms with Gasteiger partial charge in [0.2, 0.25) is 0 Å². The van der Waals surface area contributed by atoms with Crippen molar-refractivity contribution in [3.63, 3.8) is 0 Å². The third-order valence-electron chi connectivity index (χ3n) is 2.94. The van der Waals surface area contributed by atoms with Crippen molar-refractivity contribution in [3.8, 4) is 0 Å². The largest absolute Gasteiger partial charge is 0.376 e. The van der Waals surface area contributed by atoms with Gasteiger partial charge in [-0.05, 0) is 66.2 Å². The Hall–Kier alpha value is -0.0800. The van der Waals surface area contributed by atoms with Gasteiger partial charge < -0.3 is 9.47 Å². The van der Waals surface area contributed by atoms with Crippen LogP contribution in [0.4, 0.5) is 0 Å². The number of hydrogen-bond donors (Lipinski definition) is 0. The van der Waals surface area contributed by atoms with Crippen molar-refractivity contribution in [3.05, 3.63) is 0 Å². The number of ether oxygens (including phenoxy) is 2. The van der Waals surface area contributed by atoms with E-state index in [1.54, 1.807) is 0 Å². The van der Waals surface area contributed by atoms with Gasteiger partial charge in [-0.3, -0.25) is 0 Å². The van der Waals surface area contributed by atoms with E-state index < -0.39 is 0 Å². The van der Waals surface area contributed by atoms with E-state index in [0.717, 1.165) is 19.6 Å². The molecule has 0 aromatic rings. The molecule has 0 saturated heterocycles. The molecule has 0 bridgehead atoms. The minimum Gasteiger partial charge on any atom is -0.376 e. The standard InChI is InChI=1S/C14H28O2/c1-12(2,3)15-10-9-14(7-8-14)11-16-13(4,5)6/h7-11H2,1-6H3. The molecule has 1 fully saturated rings. The van der Waals surface area contributed by atoms with Gasteiger partial charge in [0.15, 0.2) is 0 Å². The summed E-state index contributed by atoms with van der Waals surface area (Å²) in [6, 6.07) is 0. The SMILES string of the molecule is CC(C)(C)OCCC1(COC(C)(C)C)CC1. The quantitative estimate of drug-likeness (QED) is 0.713. The first-order valence-electron chi connectivity index (χ1n) is 6.40. The third kappa shape index (κ3) is 5.86. The summed E-state index contributed by atoms with van der Waals surface area (Å²) < 4.78 is 11.7. The van der Waals surface area contributed by atoms with Gasteiger partial charge in [0.25, 0.3) is 0 Å². The average Bonchev–Trinajstić information content (AvgIpc) is 2.79. The lowest BCUT2D eigenvalue weighted by atomic mass is 10.0. The van der Waals surface area contributed by atoms with Gasteiger partial charge in [-0.2, -0.15) is 0 Å². The van der Waals surface area contributed by atoms with Gasteiger partial charge in [-0.25, -0.2) is 0 Å². The number of rotatable bonds is 5. The molecule has 0 heterocycles. The van der Waals surface area contributed by atoms with E-state index in [9.17, 15) is 0 Å². The van der Waals surface area contributed by atoms with Gasteiger partial charge >= 0.3 is 0 Å². The van der Waals surface area contributed by atoms with Crippen LogP contribution >= 0.6 is 0 Å². The van der Waals surface area contributed by atoms with Crippen molar-refractivity contribution < 1.29 is 9.47 Å². The third-order valence-corrected chi connectivity index (χ3v) is 2.94. The lowest BCUT2D eigenvalue weighted by Crippen LogP contribution is -2.26. The van der Waals surface area contributed by atoms with E-state index in [0.29, 0.717) is 5.41 Å². The normalized spacial score (nSPS) is 19.9. The first kappa shape index (κ1) is 14.0. The summed E-state index contributed by atoms with van der Waals surface area (Å²) in [4.78, 5) is 0. The maximum atomic E-state index is 5.88. The smallest absolute Gasteiger partial charge is 0.0598 e. The molecule has 0 spiro atoms. The van der Waals surface area contributed by atoms with Gasteiger partial charge in [0.05, 0.1) is 17.8 Å². The molecule has 96 valence electrons. The van der Waals surface area contributed by atoms with Crippen LogP contribution in [0.25, 0.3) is 0 Å². The van der Waals surface area contributed by atoms with Crippen molar-refractivity contribution in [1.29, 1.82) is 0 Å². The van der Waals surface area contributed by atoms with Crippen LogP contribution in [-0.2, 0) is 9.47 Å². The molecule has 2 heteroatoms. The summed E-state index contributed by atoms with van der Waals surface area (Å²) in [5.41, 5.74) is 0.403. The van der Waals surface area contributed by atoms with E-state index in [2.05, 4.69) is 41.5 Å². The molecule has 0 radical (unpaired) electrons. The summed E-state index contributed by atoms with van der Waals surface area (Å²) in [7, 11) is 0. The van der Waals surface area contributed by atoms with Crippen LogP contribution in [-0.4, -0.2) is 24.4 Å². The van der Waals surface area contributed by atoms with Gasteiger partial charge in [0.1, 0.15) is 0 Å². The van der Waals surface area contributed by atoms with E-state index in [1.807, 2.05) is 0 Å². The Labute approximate surface area is 101 Å². The summed E-state index contributed by atoms with van der Waals surface area (Å²) >= 11 is 0. The lowest BCUT2D eigenvalue weighted by molar-refractivity contribution is -0.0479. The molecule has 2 nitrogen and oxygen atoms in total. The zero-order valence-electron chi connectivity index (χ0n) is 11.9. The summed E-state index contributed by atoms with van der Waals surface area (Å²) in [6.07, 6.45) is 3.74. The molecule has 0 N–H and O–H groups in total. The minimum atomic E-state index is -0.0134. The van der Waals surface area contributed by atoms with Crippen LogP contribution in [0.3, 0.4) is 0 Å². The Morgan fingerprint density at radius 3 is 1.75 bits per heavy atom. The van der Waals surface area contributed by atoms with Gasteiger partial charge in [-0.1, -0.05) is 0 Å². The minimum absolute atomic E-state index is 0.0129. The maximum absolute atomic E-state index is 5.88. The fraction of sp³-hybridized carbons (Fsp3) is 1.00. The Bertz CT molecular complexity index is 216. The Morgan fingerprint density at radius 2 is 1.38 bits per heavy atom. The molecule has 1 aliphatic rings. The van der Waals surface area contributed by atoms with Crippen LogP contribution < -0.4 is 0 Å². The fourth-order valence-corrected chi connectivity index (χ4v) is 1.59. The second-order valence-corrected chi connectivity index (χ2v) is 7.11. The Morgan fingerprint density at radius 1 is 0.875 bits per heavy atom. The zero-order chi connectivity index (χ0) is 12.4. The molecule has 0 aliphatic heterocycles. The summed E-state index contributed by atoms with van der Waals surface area (Å²) in [5, 5.41) is 0. The van der Waals surface area contributed by atoms with Crippen LogP contribution in [0, 0.1) is 5.41 Å². The van der Waals surface area contributed by atoms with Gasteiger partial charge in [-0.15, -0.1) is 0 Å². The van der Waals surface area contributed by atoms with E-state index in [4.69, 9.17) is 9.47 Å². The van der Waals surface area contributed by atoms with Crippen LogP contribution in [0.5, 0.6) is 0 Å². The highest BCUT2D eigenvalue weighted by molar-refractivity contribution is 4.93. The molecular weight excluding hydrogens is 200 g/mol. The molecule has 1 saturated carbocycles. The van der Waals surface area contributed by atoms with Crippen LogP contribution in [0.2, 0.25) is 0 Å². The van der Waals surface area contributed by atoms with E-state index >= 15 is 0 Å². The first-order valence-corrected chi connectivity index (χ1v) is 6.40. The molecular formula is C14H28O2. The second-order valence-electron chi connectivity index (χ2n) is 7.11. The fourth-order valence-electron chi connectivity index (χ4n) is 1.59. The molecule has 0 unspecified atom stereocenters. The molecule has 0 amide bonds. The van der Waals surface area contributed by atoms with Crippen molar-refractivity contribution in [2.24, 2.45) is 5.41 Å². The molecule has 16 heavy (non-hydrogen) atoms. The average molecular weight is 228 g/mol. The molecule has 0 aromatic carbocycles. The van der Waals surface area contributed by atoms with Crippen molar-refractivity contribution >= 4 is 0 Å². The Kier molecular flexibility index (Phi) is 4.07. The summed E-state index contributed by atoms with van der Waals surface area (Å²) in [5.74, 6) is 0. The highest BCUT2D eigenvalue weighted by atomic mass is 16.5. The highest BCUT2D eigenvalue weighted by Gasteiger charge is 2.43. The van der Waals surface area contributed by atoms with E-state index in [-0.39, 0.29) is 11.2 Å². The first-order chi connectivity index (χ1) is 7.12. The van der Waals surface area contributed by atoms with E-state index in [1.165, 1.54) is 12.8 Å². The molecule has 1 rings (SSSR count). The monoisotopic (exact) mass is 228 g/mol.